The SMILES string of the molecule is Cc1ccc(CC(=O)CCCC(F)(F)F)cc1C. The first kappa shape index (κ1) is 14.7. The van der Waals surface area contributed by atoms with E-state index in [2.05, 4.69) is 0 Å². The first-order chi connectivity index (χ1) is 8.28. The van der Waals surface area contributed by atoms with Gasteiger partial charge in [-0.2, -0.15) is 13.2 Å². The lowest BCUT2D eigenvalue weighted by atomic mass is 10.0. The van der Waals surface area contributed by atoms with E-state index in [1.807, 2.05) is 32.0 Å². The maximum atomic E-state index is 11.9. The predicted octanol–water partition coefficient (Wildman–Crippen LogP) is 4.15. The number of alkyl halides is 3. The topological polar surface area (TPSA) is 17.1 Å². The average molecular weight is 258 g/mol. The molecule has 0 spiro atoms. The number of Topliss-reactive ketones (excluding diaryl/α,β-unsaturated/α-hetero) is 1. The number of hydrogen-bond acceptors (Lipinski definition) is 1. The van der Waals surface area contributed by atoms with Crippen LogP contribution in [0.3, 0.4) is 0 Å². The molecule has 0 unspecified atom stereocenters. The number of ketones is 1. The maximum absolute atomic E-state index is 11.9. The summed E-state index contributed by atoms with van der Waals surface area (Å²) in [5.41, 5.74) is 3.11. The van der Waals surface area contributed by atoms with Crippen molar-refractivity contribution in [1.29, 1.82) is 0 Å². The Morgan fingerprint density at radius 3 is 2.39 bits per heavy atom. The lowest BCUT2D eigenvalue weighted by molar-refractivity contribution is -0.137. The molecule has 0 atom stereocenters. The third-order valence-corrected chi connectivity index (χ3v) is 2.89. The molecule has 0 N–H and O–H groups in total. The summed E-state index contributed by atoms with van der Waals surface area (Å²) >= 11 is 0. The van der Waals surface area contributed by atoms with Crippen molar-refractivity contribution >= 4 is 5.78 Å². The smallest absolute Gasteiger partial charge is 0.299 e. The van der Waals surface area contributed by atoms with Gasteiger partial charge in [-0.05, 0) is 37.0 Å². The molecule has 1 rings (SSSR count). The summed E-state index contributed by atoms with van der Waals surface area (Å²) in [5, 5.41) is 0. The van der Waals surface area contributed by atoms with Crippen LogP contribution in [0.1, 0.15) is 36.0 Å². The van der Waals surface area contributed by atoms with Crippen LogP contribution in [0, 0.1) is 13.8 Å². The molecule has 0 aliphatic carbocycles. The quantitative estimate of drug-likeness (QED) is 0.775. The van der Waals surface area contributed by atoms with Crippen LogP contribution in [0.4, 0.5) is 13.2 Å². The zero-order valence-corrected chi connectivity index (χ0v) is 10.6. The normalized spacial score (nSPS) is 11.6. The maximum Gasteiger partial charge on any atom is 0.389 e. The lowest BCUT2D eigenvalue weighted by Gasteiger charge is -2.06. The fourth-order valence-electron chi connectivity index (χ4n) is 1.72. The minimum absolute atomic E-state index is 0.00751. The van der Waals surface area contributed by atoms with Crippen molar-refractivity contribution in [3.63, 3.8) is 0 Å². The molecule has 0 radical (unpaired) electrons. The average Bonchev–Trinajstić information content (AvgIpc) is 2.21. The molecule has 1 aromatic rings. The van der Waals surface area contributed by atoms with Gasteiger partial charge in [0.25, 0.3) is 0 Å². The third-order valence-electron chi connectivity index (χ3n) is 2.89. The molecule has 4 heteroatoms. The van der Waals surface area contributed by atoms with Gasteiger partial charge in [0.2, 0.25) is 0 Å². The minimum Gasteiger partial charge on any atom is -0.299 e. The van der Waals surface area contributed by atoms with Gasteiger partial charge in [-0.15, -0.1) is 0 Å². The molecule has 0 fully saturated rings. The van der Waals surface area contributed by atoms with Gasteiger partial charge in [0.1, 0.15) is 5.78 Å². The van der Waals surface area contributed by atoms with Crippen molar-refractivity contribution in [1.82, 2.24) is 0 Å². The molecule has 0 saturated heterocycles. The summed E-state index contributed by atoms with van der Waals surface area (Å²) in [5.74, 6) is -0.137. The van der Waals surface area contributed by atoms with Gasteiger partial charge in [-0.1, -0.05) is 18.2 Å². The highest BCUT2D eigenvalue weighted by molar-refractivity contribution is 5.80. The summed E-state index contributed by atoms with van der Waals surface area (Å²) < 4.78 is 35.8. The van der Waals surface area contributed by atoms with Crippen molar-refractivity contribution < 1.29 is 18.0 Å². The van der Waals surface area contributed by atoms with Crippen LogP contribution in [0.2, 0.25) is 0 Å². The van der Waals surface area contributed by atoms with Crippen LogP contribution in [-0.4, -0.2) is 12.0 Å². The molecular formula is C14H17F3O. The van der Waals surface area contributed by atoms with Gasteiger partial charge in [-0.25, -0.2) is 0 Å². The Morgan fingerprint density at radius 2 is 1.83 bits per heavy atom. The second kappa shape index (κ2) is 6.03. The predicted molar refractivity (Wildman–Crippen MR) is 64.5 cm³/mol. The molecular weight excluding hydrogens is 241 g/mol. The van der Waals surface area contributed by atoms with Gasteiger partial charge in [0.15, 0.2) is 0 Å². The Bertz CT molecular complexity index is 422. The first-order valence-electron chi connectivity index (χ1n) is 5.92. The number of aryl methyl sites for hydroxylation is 2. The number of carbonyl (C=O) groups is 1. The van der Waals surface area contributed by atoms with Gasteiger partial charge < -0.3 is 0 Å². The van der Waals surface area contributed by atoms with Crippen LogP contribution < -0.4 is 0 Å². The molecule has 0 aromatic heterocycles. The van der Waals surface area contributed by atoms with Crippen molar-refractivity contribution in [2.75, 3.05) is 0 Å². The summed E-state index contributed by atoms with van der Waals surface area (Å²) in [7, 11) is 0. The van der Waals surface area contributed by atoms with E-state index in [-0.39, 0.29) is 25.0 Å². The van der Waals surface area contributed by atoms with E-state index >= 15 is 0 Å². The highest BCUT2D eigenvalue weighted by Crippen LogP contribution is 2.22. The van der Waals surface area contributed by atoms with Crippen LogP contribution in [0.5, 0.6) is 0 Å². The number of rotatable bonds is 5. The van der Waals surface area contributed by atoms with Gasteiger partial charge in [-0.3, -0.25) is 4.79 Å². The summed E-state index contributed by atoms with van der Waals surface area (Å²) in [6, 6.07) is 5.69. The Labute approximate surface area is 105 Å². The van der Waals surface area contributed by atoms with E-state index in [0.29, 0.717) is 0 Å². The summed E-state index contributed by atoms with van der Waals surface area (Å²) in [6.07, 6.45) is -4.95. The van der Waals surface area contributed by atoms with Crippen LogP contribution in [-0.2, 0) is 11.2 Å². The molecule has 1 nitrogen and oxygen atoms in total. The van der Waals surface area contributed by atoms with Crippen molar-refractivity contribution in [3.8, 4) is 0 Å². The molecule has 18 heavy (non-hydrogen) atoms. The fourth-order valence-corrected chi connectivity index (χ4v) is 1.72. The van der Waals surface area contributed by atoms with Crippen molar-refractivity contribution in [2.45, 2.75) is 45.7 Å². The second-order valence-electron chi connectivity index (χ2n) is 4.60. The summed E-state index contributed by atoms with van der Waals surface area (Å²) in [4.78, 5) is 11.5. The highest BCUT2D eigenvalue weighted by atomic mass is 19.4. The fraction of sp³-hybridized carbons (Fsp3) is 0.500. The zero-order chi connectivity index (χ0) is 13.8. The molecule has 1 aromatic carbocycles. The Morgan fingerprint density at radius 1 is 1.17 bits per heavy atom. The number of hydrogen-bond donors (Lipinski definition) is 0. The van der Waals surface area contributed by atoms with Gasteiger partial charge in [0, 0.05) is 19.3 Å². The number of carbonyl (C=O) groups excluding carboxylic acids is 1. The zero-order valence-electron chi connectivity index (χ0n) is 10.6. The molecule has 100 valence electrons. The Balaban J connectivity index is 2.42. The van der Waals surface area contributed by atoms with Gasteiger partial charge >= 0.3 is 6.18 Å². The van der Waals surface area contributed by atoms with Crippen LogP contribution in [0.25, 0.3) is 0 Å². The van der Waals surface area contributed by atoms with E-state index in [1.54, 1.807) is 0 Å². The monoisotopic (exact) mass is 258 g/mol. The molecule has 0 bridgehead atoms. The molecule has 0 aliphatic rings. The Hall–Kier alpha value is -1.32. The second-order valence-corrected chi connectivity index (χ2v) is 4.60. The van der Waals surface area contributed by atoms with E-state index in [9.17, 15) is 18.0 Å². The van der Waals surface area contributed by atoms with E-state index in [0.717, 1.165) is 16.7 Å². The summed E-state index contributed by atoms with van der Waals surface area (Å²) in [6.45, 7) is 3.93. The largest absolute Gasteiger partial charge is 0.389 e. The van der Waals surface area contributed by atoms with Crippen molar-refractivity contribution in [2.24, 2.45) is 0 Å². The van der Waals surface area contributed by atoms with E-state index in [4.69, 9.17) is 0 Å². The standard InChI is InChI=1S/C14H17F3O/c1-10-5-6-12(8-11(10)2)9-13(18)4-3-7-14(15,16)17/h5-6,8H,3-4,7,9H2,1-2H3. The number of benzene rings is 1. The third kappa shape index (κ3) is 5.34. The van der Waals surface area contributed by atoms with E-state index in [1.165, 1.54) is 0 Å². The first-order valence-corrected chi connectivity index (χ1v) is 5.92. The highest BCUT2D eigenvalue weighted by Gasteiger charge is 2.26. The van der Waals surface area contributed by atoms with Gasteiger partial charge in [0.05, 0.1) is 0 Å². The molecule has 0 heterocycles. The lowest BCUT2D eigenvalue weighted by Crippen LogP contribution is -2.09. The van der Waals surface area contributed by atoms with Crippen LogP contribution >= 0.6 is 0 Å². The molecule has 0 aliphatic heterocycles. The molecule has 0 saturated carbocycles. The minimum atomic E-state index is -4.17. The van der Waals surface area contributed by atoms with Crippen LogP contribution in [0.15, 0.2) is 18.2 Å². The van der Waals surface area contributed by atoms with E-state index < -0.39 is 12.6 Å². The molecule has 0 amide bonds. The van der Waals surface area contributed by atoms with Crippen molar-refractivity contribution in [3.05, 3.63) is 34.9 Å². The number of halogens is 3. The Kier molecular flexibility index (Phi) is 4.93.